The second-order valence-corrected chi connectivity index (χ2v) is 6.31. The van der Waals surface area contributed by atoms with Gasteiger partial charge < -0.3 is 24.6 Å². The summed E-state index contributed by atoms with van der Waals surface area (Å²) in [6, 6.07) is 10.4. The second-order valence-electron chi connectivity index (χ2n) is 6.31. The molecule has 158 valence electrons. The van der Waals surface area contributed by atoms with E-state index in [9.17, 15) is 19.7 Å². The summed E-state index contributed by atoms with van der Waals surface area (Å²) in [5.74, 6) is 0.0233. The van der Waals surface area contributed by atoms with Gasteiger partial charge in [-0.15, -0.1) is 0 Å². The first-order valence-corrected chi connectivity index (χ1v) is 9.06. The number of nitrogens with zero attached hydrogens (tertiary/aromatic N) is 3. The van der Waals surface area contributed by atoms with E-state index < -0.39 is 16.7 Å². The lowest BCUT2D eigenvalue weighted by atomic mass is 10.2. The van der Waals surface area contributed by atoms with E-state index in [4.69, 9.17) is 14.0 Å². The molecule has 0 atom stereocenters. The fourth-order valence-corrected chi connectivity index (χ4v) is 2.76. The fourth-order valence-electron chi connectivity index (χ4n) is 2.76. The zero-order valence-corrected chi connectivity index (χ0v) is 15.9. The van der Waals surface area contributed by atoms with Gasteiger partial charge in [-0.2, -0.15) is 4.98 Å². The van der Waals surface area contributed by atoms with Crippen molar-refractivity contribution in [1.29, 1.82) is 0 Å². The van der Waals surface area contributed by atoms with Crippen LogP contribution in [-0.4, -0.2) is 46.8 Å². The molecule has 0 unspecified atom stereocenters. The van der Waals surface area contributed by atoms with Crippen molar-refractivity contribution < 1.29 is 28.5 Å². The van der Waals surface area contributed by atoms with Gasteiger partial charge in [0.2, 0.25) is 12.6 Å². The highest BCUT2D eigenvalue weighted by atomic mass is 16.7. The van der Waals surface area contributed by atoms with Gasteiger partial charge in [0, 0.05) is 36.3 Å². The van der Waals surface area contributed by atoms with Crippen molar-refractivity contribution in [3.05, 3.63) is 64.0 Å². The van der Waals surface area contributed by atoms with E-state index in [1.54, 1.807) is 18.2 Å². The quantitative estimate of drug-likeness (QED) is 0.325. The molecular weight excluding hydrogens is 410 g/mol. The number of aromatic nitrogens is 2. The van der Waals surface area contributed by atoms with Crippen molar-refractivity contribution in [3.63, 3.8) is 0 Å². The van der Waals surface area contributed by atoms with Gasteiger partial charge in [-0.05, 0) is 24.3 Å². The van der Waals surface area contributed by atoms with Gasteiger partial charge in [-0.25, -0.2) is 0 Å². The summed E-state index contributed by atoms with van der Waals surface area (Å²) in [6.45, 7) is 0.314. The minimum Gasteiger partial charge on any atom is -0.454 e. The number of carbonyl (C=O) groups excluding carboxylic acids is 2. The number of hydrogen-bond donors (Lipinski definition) is 2. The Morgan fingerprint density at radius 2 is 1.81 bits per heavy atom. The molecule has 2 amide bonds. The minimum atomic E-state index is -0.607. The Bertz CT molecular complexity index is 1160. The molecule has 0 saturated heterocycles. The Morgan fingerprint density at radius 3 is 2.61 bits per heavy atom. The van der Waals surface area contributed by atoms with Gasteiger partial charge in [-0.3, -0.25) is 19.7 Å². The monoisotopic (exact) mass is 425 g/mol. The summed E-state index contributed by atoms with van der Waals surface area (Å²) in [7, 11) is 0. The third-order valence-corrected chi connectivity index (χ3v) is 4.27. The molecule has 0 radical (unpaired) electrons. The van der Waals surface area contributed by atoms with Crippen molar-refractivity contribution in [2.75, 3.05) is 19.9 Å². The highest BCUT2D eigenvalue weighted by Crippen LogP contribution is 2.35. The van der Waals surface area contributed by atoms with E-state index in [0.717, 1.165) is 0 Å². The van der Waals surface area contributed by atoms with Crippen molar-refractivity contribution in [2.45, 2.75) is 0 Å². The number of amides is 2. The first kappa shape index (κ1) is 19.8. The number of carbonyl (C=O) groups is 2. The van der Waals surface area contributed by atoms with Crippen LogP contribution in [-0.2, 0) is 0 Å². The van der Waals surface area contributed by atoms with E-state index in [1.165, 1.54) is 24.3 Å². The number of nitro benzene ring substituents is 1. The molecule has 12 heteroatoms. The average molecular weight is 425 g/mol. The molecule has 0 saturated carbocycles. The predicted molar refractivity (Wildman–Crippen MR) is 104 cm³/mol. The average Bonchev–Trinajstić information content (AvgIpc) is 3.45. The summed E-state index contributed by atoms with van der Waals surface area (Å²) >= 11 is 0. The van der Waals surface area contributed by atoms with Gasteiger partial charge in [0.25, 0.3) is 11.6 Å². The normalized spacial score (nSPS) is 11.7. The van der Waals surface area contributed by atoms with Crippen LogP contribution in [0, 0.1) is 10.1 Å². The second kappa shape index (κ2) is 8.49. The molecule has 1 aromatic heterocycles. The number of non-ortho nitro benzene ring substituents is 1. The van der Waals surface area contributed by atoms with E-state index in [-0.39, 0.29) is 42.8 Å². The molecule has 12 nitrogen and oxygen atoms in total. The van der Waals surface area contributed by atoms with Gasteiger partial charge in [0.05, 0.1) is 4.92 Å². The molecule has 0 bridgehead atoms. The van der Waals surface area contributed by atoms with Crippen molar-refractivity contribution >= 4 is 17.5 Å². The zero-order chi connectivity index (χ0) is 21.8. The molecule has 1 aliphatic rings. The first-order chi connectivity index (χ1) is 15.0. The number of nitrogens with one attached hydrogen (secondary N) is 2. The Hall–Kier alpha value is -4.48. The van der Waals surface area contributed by atoms with E-state index in [2.05, 4.69) is 20.8 Å². The van der Waals surface area contributed by atoms with Gasteiger partial charge in [0.1, 0.15) is 0 Å². The van der Waals surface area contributed by atoms with Gasteiger partial charge >= 0.3 is 11.8 Å². The van der Waals surface area contributed by atoms with Crippen LogP contribution in [0.25, 0.3) is 11.4 Å². The zero-order valence-electron chi connectivity index (χ0n) is 15.9. The number of hydrogen-bond acceptors (Lipinski definition) is 9. The Morgan fingerprint density at radius 1 is 1.03 bits per heavy atom. The van der Waals surface area contributed by atoms with Crippen LogP contribution in [0.5, 0.6) is 11.5 Å². The molecule has 3 aromatic rings. The van der Waals surface area contributed by atoms with E-state index in [0.29, 0.717) is 17.1 Å². The van der Waals surface area contributed by atoms with Crippen molar-refractivity contribution in [2.24, 2.45) is 0 Å². The molecule has 1 aliphatic heterocycles. The maximum absolute atomic E-state index is 12.2. The molecule has 31 heavy (non-hydrogen) atoms. The lowest BCUT2D eigenvalue weighted by Crippen LogP contribution is -2.34. The summed E-state index contributed by atoms with van der Waals surface area (Å²) in [4.78, 5) is 38.5. The smallest absolute Gasteiger partial charge is 0.316 e. The predicted octanol–water partition coefficient (Wildman–Crippen LogP) is 1.53. The maximum atomic E-state index is 12.2. The number of ether oxygens (including phenoxy) is 2. The third kappa shape index (κ3) is 4.42. The Kier molecular flexibility index (Phi) is 5.43. The summed E-state index contributed by atoms with van der Waals surface area (Å²) in [6.07, 6.45) is 0. The van der Waals surface area contributed by atoms with Gasteiger partial charge in [-0.1, -0.05) is 11.2 Å². The number of nitro groups is 1. The summed E-state index contributed by atoms with van der Waals surface area (Å²) < 4.78 is 15.5. The largest absolute Gasteiger partial charge is 0.454 e. The van der Waals surface area contributed by atoms with Crippen LogP contribution in [0.1, 0.15) is 21.0 Å². The molecule has 4 rings (SSSR count). The van der Waals surface area contributed by atoms with Crippen LogP contribution in [0.15, 0.2) is 47.0 Å². The van der Waals surface area contributed by atoms with Crippen molar-refractivity contribution in [1.82, 2.24) is 20.8 Å². The standard InChI is InChI=1S/C19H15N5O7/c25-17(12-2-1-3-13(8-12)24(27)28)20-6-7-21-18(26)19-22-16(23-31-19)11-4-5-14-15(9-11)30-10-29-14/h1-5,8-9H,6-7,10H2,(H,20,25)(H,21,26). The van der Waals surface area contributed by atoms with E-state index >= 15 is 0 Å². The molecule has 0 aliphatic carbocycles. The van der Waals surface area contributed by atoms with Crippen LogP contribution >= 0.6 is 0 Å². The van der Waals surface area contributed by atoms with Crippen LogP contribution < -0.4 is 20.1 Å². The van der Waals surface area contributed by atoms with Crippen molar-refractivity contribution in [3.8, 4) is 22.9 Å². The molecule has 2 heterocycles. The summed E-state index contributed by atoms with van der Waals surface area (Å²) in [5, 5.41) is 19.7. The molecule has 0 fully saturated rings. The van der Waals surface area contributed by atoms with Crippen LogP contribution in [0.3, 0.4) is 0 Å². The van der Waals surface area contributed by atoms with Crippen LogP contribution in [0.4, 0.5) is 5.69 Å². The minimum absolute atomic E-state index is 0.0846. The lowest BCUT2D eigenvalue weighted by Gasteiger charge is -2.05. The Balaban J connectivity index is 1.28. The highest BCUT2D eigenvalue weighted by Gasteiger charge is 2.19. The molecule has 2 N–H and O–H groups in total. The lowest BCUT2D eigenvalue weighted by molar-refractivity contribution is -0.384. The number of benzene rings is 2. The SMILES string of the molecule is O=C(NCCNC(=O)c1nc(-c2ccc3c(c2)OCO3)no1)c1cccc([N+](=O)[O-])c1. The van der Waals surface area contributed by atoms with E-state index in [1.807, 2.05) is 0 Å². The molecular formula is C19H15N5O7. The third-order valence-electron chi connectivity index (χ3n) is 4.27. The summed E-state index contributed by atoms with van der Waals surface area (Å²) in [5.41, 5.74) is 0.553. The first-order valence-electron chi connectivity index (χ1n) is 9.06. The number of rotatable bonds is 7. The van der Waals surface area contributed by atoms with Crippen LogP contribution in [0.2, 0.25) is 0 Å². The Labute approximate surface area is 174 Å². The number of fused-ring (bicyclic) bond motifs is 1. The van der Waals surface area contributed by atoms with Gasteiger partial charge in [0.15, 0.2) is 11.5 Å². The highest BCUT2D eigenvalue weighted by molar-refractivity contribution is 5.95. The maximum Gasteiger partial charge on any atom is 0.316 e. The topological polar surface area (TPSA) is 159 Å². The fraction of sp³-hybridized carbons (Fsp3) is 0.158. The molecule has 2 aromatic carbocycles. The molecule has 0 spiro atoms.